The molecular formula is C13H19N3O3S. The molecule has 20 heavy (non-hydrogen) atoms. The van der Waals surface area contributed by atoms with Crippen molar-refractivity contribution in [3.8, 4) is 11.8 Å². The van der Waals surface area contributed by atoms with Gasteiger partial charge in [-0.1, -0.05) is 11.8 Å². The van der Waals surface area contributed by atoms with Crippen molar-refractivity contribution < 1.29 is 13.2 Å². The normalized spacial score (nSPS) is 11.8. The standard InChI is InChI=1S/C13H19N3O3S/c1-13(2,19-3)10-16-20(17,18)12-7-11(5-4-6-14)8-15-9-12/h7-9,16H,6,10,14H2,1-3H3. The number of rotatable bonds is 5. The first-order valence-electron chi connectivity index (χ1n) is 5.99. The van der Waals surface area contributed by atoms with E-state index in [1.165, 1.54) is 25.6 Å². The smallest absolute Gasteiger partial charge is 0.242 e. The molecule has 1 rings (SSSR count). The highest BCUT2D eigenvalue weighted by Crippen LogP contribution is 2.11. The molecule has 6 nitrogen and oxygen atoms in total. The molecule has 0 aromatic carbocycles. The summed E-state index contributed by atoms with van der Waals surface area (Å²) in [7, 11) is -2.12. The number of pyridine rings is 1. The van der Waals surface area contributed by atoms with Gasteiger partial charge in [0.1, 0.15) is 4.90 Å². The summed E-state index contributed by atoms with van der Waals surface area (Å²) in [6.07, 6.45) is 2.76. The fourth-order valence-electron chi connectivity index (χ4n) is 1.21. The molecule has 0 atom stereocenters. The Hall–Kier alpha value is -1.46. The van der Waals surface area contributed by atoms with E-state index in [1.807, 2.05) is 0 Å². The SMILES string of the molecule is COC(C)(C)CNS(=O)(=O)c1cncc(C#CCN)c1. The maximum atomic E-state index is 12.1. The molecule has 1 heterocycles. The average molecular weight is 297 g/mol. The number of methoxy groups -OCH3 is 1. The van der Waals surface area contributed by atoms with Gasteiger partial charge in [-0.25, -0.2) is 13.1 Å². The van der Waals surface area contributed by atoms with E-state index in [-0.39, 0.29) is 18.0 Å². The Bertz CT molecular complexity index is 615. The molecule has 3 N–H and O–H groups in total. The molecule has 0 saturated carbocycles. The van der Waals surface area contributed by atoms with Crippen LogP contribution in [0.1, 0.15) is 19.4 Å². The minimum atomic E-state index is -3.64. The molecule has 0 saturated heterocycles. The summed E-state index contributed by atoms with van der Waals surface area (Å²) in [4.78, 5) is 3.94. The van der Waals surface area contributed by atoms with Gasteiger partial charge in [-0.05, 0) is 19.9 Å². The van der Waals surface area contributed by atoms with Crippen LogP contribution in [0.3, 0.4) is 0 Å². The van der Waals surface area contributed by atoms with Crippen LogP contribution >= 0.6 is 0 Å². The summed E-state index contributed by atoms with van der Waals surface area (Å²) in [6, 6.07) is 1.46. The number of aromatic nitrogens is 1. The van der Waals surface area contributed by atoms with Crippen LogP contribution in [0, 0.1) is 11.8 Å². The predicted octanol–water partition coefficient (Wildman–Crippen LogP) is 0.0951. The highest BCUT2D eigenvalue weighted by atomic mass is 32.2. The Morgan fingerprint density at radius 1 is 1.45 bits per heavy atom. The van der Waals surface area contributed by atoms with Gasteiger partial charge in [-0.2, -0.15) is 0 Å². The quantitative estimate of drug-likeness (QED) is 0.751. The first kappa shape index (κ1) is 16.6. The fourth-order valence-corrected chi connectivity index (χ4v) is 2.40. The fraction of sp³-hybridized carbons (Fsp3) is 0.462. The summed E-state index contributed by atoms with van der Waals surface area (Å²) in [5.41, 5.74) is 5.19. The number of nitrogens with one attached hydrogen (secondary N) is 1. The van der Waals surface area contributed by atoms with E-state index < -0.39 is 15.6 Å². The lowest BCUT2D eigenvalue weighted by Crippen LogP contribution is -2.39. The van der Waals surface area contributed by atoms with Crippen molar-refractivity contribution in [2.45, 2.75) is 24.3 Å². The van der Waals surface area contributed by atoms with Gasteiger partial charge in [-0.3, -0.25) is 4.98 Å². The Balaban J connectivity index is 2.93. The zero-order valence-corrected chi connectivity index (χ0v) is 12.6. The van der Waals surface area contributed by atoms with Gasteiger partial charge in [0.05, 0.1) is 12.1 Å². The third-order valence-corrected chi connectivity index (χ3v) is 3.97. The Morgan fingerprint density at radius 2 is 2.15 bits per heavy atom. The van der Waals surface area contributed by atoms with Gasteiger partial charge in [0.15, 0.2) is 0 Å². The lowest BCUT2D eigenvalue weighted by molar-refractivity contribution is 0.0276. The lowest BCUT2D eigenvalue weighted by Gasteiger charge is -2.22. The highest BCUT2D eigenvalue weighted by Gasteiger charge is 2.22. The molecule has 7 heteroatoms. The molecule has 0 amide bonds. The zero-order valence-electron chi connectivity index (χ0n) is 11.8. The molecule has 0 fully saturated rings. The topological polar surface area (TPSA) is 94.3 Å². The zero-order chi connectivity index (χ0) is 15.2. The van der Waals surface area contributed by atoms with Crippen LogP contribution in [0.25, 0.3) is 0 Å². The summed E-state index contributed by atoms with van der Waals surface area (Å²) in [5, 5.41) is 0. The van der Waals surface area contributed by atoms with Crippen molar-refractivity contribution in [1.29, 1.82) is 0 Å². The van der Waals surface area contributed by atoms with Crippen LogP contribution in [0.15, 0.2) is 23.4 Å². The summed E-state index contributed by atoms with van der Waals surface area (Å²) in [6.45, 7) is 3.94. The molecule has 0 unspecified atom stereocenters. The highest BCUT2D eigenvalue weighted by molar-refractivity contribution is 7.89. The van der Waals surface area contributed by atoms with Gasteiger partial charge < -0.3 is 10.5 Å². The van der Waals surface area contributed by atoms with Crippen molar-refractivity contribution >= 4 is 10.0 Å². The molecule has 0 spiro atoms. The summed E-state index contributed by atoms with van der Waals surface area (Å²) >= 11 is 0. The molecule has 0 radical (unpaired) electrons. The summed E-state index contributed by atoms with van der Waals surface area (Å²) in [5.74, 6) is 5.40. The first-order valence-corrected chi connectivity index (χ1v) is 7.48. The second kappa shape index (κ2) is 6.81. The predicted molar refractivity (Wildman–Crippen MR) is 76.4 cm³/mol. The van der Waals surface area contributed by atoms with Crippen molar-refractivity contribution in [1.82, 2.24) is 9.71 Å². The maximum Gasteiger partial charge on any atom is 0.242 e. The van der Waals surface area contributed by atoms with E-state index in [0.29, 0.717) is 5.56 Å². The number of hydrogen-bond acceptors (Lipinski definition) is 5. The van der Waals surface area contributed by atoms with Crippen molar-refractivity contribution in [3.05, 3.63) is 24.0 Å². The molecule has 1 aromatic heterocycles. The van der Waals surface area contributed by atoms with Gasteiger partial charge in [-0.15, -0.1) is 0 Å². The third kappa shape index (κ3) is 4.90. The molecular weight excluding hydrogens is 278 g/mol. The third-order valence-electron chi connectivity index (χ3n) is 2.60. The number of ether oxygens (including phenoxy) is 1. The largest absolute Gasteiger partial charge is 0.377 e. The van der Waals surface area contributed by atoms with Crippen molar-refractivity contribution in [2.24, 2.45) is 5.73 Å². The van der Waals surface area contributed by atoms with Crippen LogP contribution in [0.4, 0.5) is 0 Å². The van der Waals surface area contributed by atoms with Crippen molar-refractivity contribution in [3.63, 3.8) is 0 Å². The Kier molecular flexibility index (Phi) is 5.65. The Morgan fingerprint density at radius 3 is 2.75 bits per heavy atom. The van der Waals surface area contributed by atoms with Gasteiger partial charge in [0, 0.05) is 31.6 Å². The van der Waals surface area contributed by atoms with Crippen molar-refractivity contribution in [2.75, 3.05) is 20.2 Å². The molecule has 110 valence electrons. The first-order chi connectivity index (χ1) is 9.30. The monoisotopic (exact) mass is 297 g/mol. The molecule has 0 aliphatic rings. The number of sulfonamides is 1. The number of hydrogen-bond donors (Lipinski definition) is 2. The molecule has 1 aromatic rings. The van der Waals surface area contributed by atoms with Gasteiger partial charge in [0.25, 0.3) is 0 Å². The van der Waals surface area contributed by atoms with Gasteiger partial charge >= 0.3 is 0 Å². The van der Waals surface area contributed by atoms with E-state index >= 15 is 0 Å². The van der Waals surface area contributed by atoms with Crippen LogP contribution in [0.2, 0.25) is 0 Å². The van der Waals surface area contributed by atoms with E-state index in [2.05, 4.69) is 21.5 Å². The second-order valence-electron chi connectivity index (χ2n) is 4.70. The Labute approximate surface area is 119 Å². The van der Waals surface area contributed by atoms with Gasteiger partial charge in [0.2, 0.25) is 10.0 Å². The maximum absolute atomic E-state index is 12.1. The molecule has 0 aliphatic heterocycles. The van der Waals surface area contributed by atoms with Crippen LogP contribution in [-0.4, -0.2) is 39.2 Å². The summed E-state index contributed by atoms with van der Waals surface area (Å²) < 4.78 is 31.9. The van der Waals surface area contributed by atoms with Crippen LogP contribution < -0.4 is 10.5 Å². The average Bonchev–Trinajstić information content (AvgIpc) is 2.43. The van der Waals surface area contributed by atoms with E-state index in [0.717, 1.165) is 0 Å². The van der Waals surface area contributed by atoms with E-state index in [4.69, 9.17) is 10.5 Å². The molecule has 0 bridgehead atoms. The van der Waals surface area contributed by atoms with E-state index in [1.54, 1.807) is 13.8 Å². The second-order valence-corrected chi connectivity index (χ2v) is 6.47. The van der Waals surface area contributed by atoms with E-state index in [9.17, 15) is 8.42 Å². The molecule has 0 aliphatic carbocycles. The minimum Gasteiger partial charge on any atom is -0.377 e. The lowest BCUT2D eigenvalue weighted by atomic mass is 10.1. The number of nitrogens with two attached hydrogens (primary N) is 1. The number of nitrogens with zero attached hydrogens (tertiary/aromatic N) is 1. The van der Waals surface area contributed by atoms with Crippen LogP contribution in [0.5, 0.6) is 0 Å². The minimum absolute atomic E-state index is 0.0632. The van der Waals surface area contributed by atoms with Crippen LogP contribution in [-0.2, 0) is 14.8 Å².